The van der Waals surface area contributed by atoms with Crippen molar-refractivity contribution in [2.45, 2.75) is 33.2 Å². The van der Waals surface area contributed by atoms with E-state index in [1.165, 1.54) is 0 Å². The summed E-state index contributed by atoms with van der Waals surface area (Å²) in [5.41, 5.74) is 0.843. The van der Waals surface area contributed by atoms with Crippen molar-refractivity contribution in [3.05, 3.63) is 41.7 Å². The number of hydrogen-bond acceptors (Lipinski definition) is 5. The van der Waals surface area contributed by atoms with Gasteiger partial charge < -0.3 is 19.9 Å². The highest BCUT2D eigenvalue weighted by Gasteiger charge is 2.17. The highest BCUT2D eigenvalue weighted by atomic mass is 16.5. The minimum absolute atomic E-state index is 0.188. The zero-order valence-corrected chi connectivity index (χ0v) is 14.0. The van der Waals surface area contributed by atoms with Crippen LogP contribution in [0.15, 0.2) is 34.9 Å². The molecule has 2 amide bonds. The van der Waals surface area contributed by atoms with E-state index in [9.17, 15) is 9.59 Å². The summed E-state index contributed by atoms with van der Waals surface area (Å²) < 4.78 is 10.2. The Morgan fingerprint density at radius 1 is 1.29 bits per heavy atom. The van der Waals surface area contributed by atoms with Gasteiger partial charge in [0, 0.05) is 6.07 Å². The molecule has 0 saturated heterocycles. The lowest BCUT2D eigenvalue weighted by atomic mass is 10.1. The third kappa shape index (κ3) is 5.12. The average Bonchev–Trinajstić information content (AvgIpc) is 2.94. The minimum atomic E-state index is -0.683. The lowest BCUT2D eigenvalue weighted by molar-refractivity contribution is -0.125. The molecule has 24 heavy (non-hydrogen) atoms. The van der Waals surface area contributed by atoms with E-state index >= 15 is 0 Å². The van der Waals surface area contributed by atoms with Crippen LogP contribution in [0.3, 0.4) is 0 Å². The zero-order valence-electron chi connectivity index (χ0n) is 14.0. The Labute approximate surface area is 140 Å². The predicted molar refractivity (Wildman–Crippen MR) is 88.8 cm³/mol. The molecule has 1 atom stereocenters. The van der Waals surface area contributed by atoms with Gasteiger partial charge in [0.2, 0.25) is 11.8 Å². The number of anilines is 1. The summed E-state index contributed by atoms with van der Waals surface area (Å²) in [6.07, 6.45) is 0.188. The van der Waals surface area contributed by atoms with Gasteiger partial charge in [0.25, 0.3) is 0 Å². The molecule has 0 bridgehead atoms. The number of ether oxygens (including phenoxy) is 1. The smallest absolute Gasteiger partial charge is 0.247 e. The summed E-state index contributed by atoms with van der Waals surface area (Å²) in [6, 6.07) is 8.20. The van der Waals surface area contributed by atoms with Crippen molar-refractivity contribution in [2.75, 3.05) is 11.9 Å². The predicted octanol–water partition coefficient (Wildman–Crippen LogP) is 2.07. The fraction of sp³-hybridized carbons (Fsp3) is 0.353. The van der Waals surface area contributed by atoms with Crippen LogP contribution in [0.4, 0.5) is 5.82 Å². The van der Waals surface area contributed by atoms with E-state index in [0.29, 0.717) is 18.2 Å². The van der Waals surface area contributed by atoms with Gasteiger partial charge in [-0.3, -0.25) is 9.59 Å². The Morgan fingerprint density at radius 3 is 2.58 bits per heavy atom. The van der Waals surface area contributed by atoms with Gasteiger partial charge in [0.05, 0.1) is 13.0 Å². The lowest BCUT2D eigenvalue weighted by Crippen LogP contribution is -2.42. The van der Waals surface area contributed by atoms with E-state index in [0.717, 1.165) is 11.3 Å². The maximum atomic E-state index is 12.0. The van der Waals surface area contributed by atoms with Crippen LogP contribution in [0.1, 0.15) is 25.2 Å². The van der Waals surface area contributed by atoms with Crippen LogP contribution in [-0.4, -0.2) is 29.6 Å². The first kappa shape index (κ1) is 17.5. The number of hydrogen-bond donors (Lipinski definition) is 2. The van der Waals surface area contributed by atoms with E-state index in [2.05, 4.69) is 15.8 Å². The Kier molecular flexibility index (Phi) is 5.95. The molecular formula is C17H21N3O4. The second-order valence-corrected chi connectivity index (χ2v) is 5.35. The van der Waals surface area contributed by atoms with Crippen LogP contribution in [0.25, 0.3) is 0 Å². The summed E-state index contributed by atoms with van der Waals surface area (Å²) in [7, 11) is 0. The molecule has 1 aromatic carbocycles. The minimum Gasteiger partial charge on any atom is -0.494 e. The van der Waals surface area contributed by atoms with Crippen molar-refractivity contribution in [3.8, 4) is 5.75 Å². The van der Waals surface area contributed by atoms with Gasteiger partial charge in [-0.15, -0.1) is 0 Å². The summed E-state index contributed by atoms with van der Waals surface area (Å²) >= 11 is 0. The first-order chi connectivity index (χ1) is 11.5. The molecule has 7 heteroatoms. The molecule has 0 fully saturated rings. The van der Waals surface area contributed by atoms with Crippen molar-refractivity contribution in [3.63, 3.8) is 0 Å². The third-order valence-electron chi connectivity index (χ3n) is 3.25. The van der Waals surface area contributed by atoms with Gasteiger partial charge in [-0.05, 0) is 38.5 Å². The monoisotopic (exact) mass is 331 g/mol. The normalized spacial score (nSPS) is 11.6. The molecule has 0 unspecified atom stereocenters. The van der Waals surface area contributed by atoms with Gasteiger partial charge in [0.1, 0.15) is 17.6 Å². The number of nitrogens with zero attached hydrogens (tertiary/aromatic N) is 1. The maximum Gasteiger partial charge on any atom is 0.247 e. The highest BCUT2D eigenvalue weighted by Crippen LogP contribution is 2.12. The number of carbonyl (C=O) groups is 2. The largest absolute Gasteiger partial charge is 0.494 e. The first-order valence-electron chi connectivity index (χ1n) is 7.73. The second kappa shape index (κ2) is 8.14. The molecule has 0 aliphatic rings. The fourth-order valence-corrected chi connectivity index (χ4v) is 2.07. The molecule has 0 spiro atoms. The number of benzene rings is 1. The molecule has 7 nitrogen and oxygen atoms in total. The van der Waals surface area contributed by atoms with Gasteiger partial charge in [-0.2, -0.15) is 0 Å². The van der Waals surface area contributed by atoms with Crippen LogP contribution in [0.5, 0.6) is 5.75 Å². The Morgan fingerprint density at radius 2 is 2.00 bits per heavy atom. The van der Waals surface area contributed by atoms with Crippen molar-refractivity contribution in [1.29, 1.82) is 0 Å². The lowest BCUT2D eigenvalue weighted by Gasteiger charge is -2.13. The van der Waals surface area contributed by atoms with Crippen LogP contribution in [-0.2, 0) is 16.0 Å². The SMILES string of the molecule is CCOc1ccc(CC(=O)N[C@@H](C)C(=O)Nc2cc(C)on2)cc1. The highest BCUT2D eigenvalue weighted by molar-refractivity contribution is 5.96. The van der Waals surface area contributed by atoms with Crippen LogP contribution in [0.2, 0.25) is 0 Å². The Balaban J connectivity index is 1.83. The van der Waals surface area contributed by atoms with Crippen molar-refractivity contribution < 1.29 is 18.8 Å². The van der Waals surface area contributed by atoms with Gasteiger partial charge >= 0.3 is 0 Å². The van der Waals surface area contributed by atoms with Crippen LogP contribution in [0, 0.1) is 6.92 Å². The van der Waals surface area contributed by atoms with E-state index in [1.807, 2.05) is 31.2 Å². The van der Waals surface area contributed by atoms with Gasteiger partial charge in [-0.25, -0.2) is 0 Å². The molecule has 0 saturated carbocycles. The standard InChI is InChI=1S/C17H21N3O4/c1-4-23-14-7-5-13(6-8-14)10-16(21)18-12(3)17(22)19-15-9-11(2)24-20-15/h5-9,12H,4,10H2,1-3H3,(H,18,21)(H,19,20,22)/t12-/m0/s1. The molecule has 0 aliphatic heterocycles. The van der Waals surface area contributed by atoms with Crippen molar-refractivity contribution >= 4 is 17.6 Å². The molecule has 2 rings (SSSR count). The van der Waals surface area contributed by atoms with E-state index < -0.39 is 6.04 Å². The quantitative estimate of drug-likeness (QED) is 0.810. The Bertz CT molecular complexity index is 694. The second-order valence-electron chi connectivity index (χ2n) is 5.35. The zero-order chi connectivity index (χ0) is 17.5. The number of amides is 2. The van der Waals surface area contributed by atoms with E-state index in [1.54, 1.807) is 19.9 Å². The molecule has 1 heterocycles. The topological polar surface area (TPSA) is 93.5 Å². The molecule has 0 aliphatic carbocycles. The maximum absolute atomic E-state index is 12.0. The summed E-state index contributed by atoms with van der Waals surface area (Å²) in [6.45, 7) is 5.84. The van der Waals surface area contributed by atoms with Crippen molar-refractivity contribution in [2.24, 2.45) is 0 Å². The Hall–Kier alpha value is -2.83. The number of nitrogens with one attached hydrogen (secondary N) is 2. The summed E-state index contributed by atoms with van der Waals surface area (Å²) in [5.74, 6) is 1.08. The van der Waals surface area contributed by atoms with E-state index in [-0.39, 0.29) is 18.2 Å². The number of aryl methyl sites for hydroxylation is 1. The third-order valence-corrected chi connectivity index (χ3v) is 3.25. The van der Waals surface area contributed by atoms with Crippen LogP contribution >= 0.6 is 0 Å². The van der Waals surface area contributed by atoms with Gasteiger partial charge in [-0.1, -0.05) is 17.3 Å². The number of carbonyl (C=O) groups excluding carboxylic acids is 2. The fourth-order valence-electron chi connectivity index (χ4n) is 2.07. The molecule has 1 aromatic heterocycles. The molecule has 2 aromatic rings. The molecule has 2 N–H and O–H groups in total. The molecular weight excluding hydrogens is 310 g/mol. The summed E-state index contributed by atoms with van der Waals surface area (Å²) in [5, 5.41) is 8.91. The summed E-state index contributed by atoms with van der Waals surface area (Å²) in [4.78, 5) is 24.0. The van der Waals surface area contributed by atoms with E-state index in [4.69, 9.17) is 9.26 Å². The average molecular weight is 331 g/mol. The first-order valence-corrected chi connectivity index (χ1v) is 7.73. The number of aromatic nitrogens is 1. The number of rotatable bonds is 7. The molecule has 128 valence electrons. The van der Waals surface area contributed by atoms with Crippen molar-refractivity contribution in [1.82, 2.24) is 10.5 Å². The van der Waals surface area contributed by atoms with Crippen LogP contribution < -0.4 is 15.4 Å². The van der Waals surface area contributed by atoms with Gasteiger partial charge in [0.15, 0.2) is 5.82 Å². The molecule has 0 radical (unpaired) electrons.